The van der Waals surface area contributed by atoms with Crippen molar-refractivity contribution in [3.8, 4) is 0 Å². The largest absolute Gasteiger partial charge is 0.444 e. The van der Waals surface area contributed by atoms with Crippen LogP contribution in [0.1, 0.15) is 29.0 Å². The number of hydrogen-bond donors (Lipinski definition) is 1. The second-order valence-electron chi connectivity index (χ2n) is 11.8. The molecule has 47 heavy (non-hydrogen) atoms. The van der Waals surface area contributed by atoms with E-state index in [-0.39, 0.29) is 35.8 Å². The number of anilines is 2. The van der Waals surface area contributed by atoms with Crippen LogP contribution in [-0.4, -0.2) is 127 Å². The van der Waals surface area contributed by atoms with Crippen LogP contribution >= 0.6 is 0 Å². The number of carbonyl (C=O) groups excluding carboxylic acids is 3. The highest BCUT2D eigenvalue weighted by Crippen LogP contribution is 2.20. The van der Waals surface area contributed by atoms with Crippen LogP contribution in [0.2, 0.25) is 0 Å². The lowest BCUT2D eigenvalue weighted by molar-refractivity contribution is -0.385. The number of benzene rings is 2. The van der Waals surface area contributed by atoms with E-state index in [1.165, 1.54) is 36.4 Å². The minimum absolute atomic E-state index is 0.00292. The SMILES string of the molecule is [2H]C([2H])([2H])N(C(=O)CN1CCN(C(=O)OC(C)(C)C)CC1)c1ccc([N+](=O)[O-])cc1.[2H]C([2H])([2H])N(C(=O)CN1CCNCC1)c1ccc([N+](=O)[O-])cc1. The fraction of sp³-hybridized carbons (Fsp3) is 0.516. The fourth-order valence-corrected chi connectivity index (χ4v) is 4.54. The molecule has 0 spiro atoms. The van der Waals surface area contributed by atoms with Crippen LogP contribution < -0.4 is 15.1 Å². The van der Waals surface area contributed by atoms with Crippen molar-refractivity contribution in [2.24, 2.45) is 0 Å². The van der Waals surface area contributed by atoms with Gasteiger partial charge < -0.3 is 24.8 Å². The van der Waals surface area contributed by atoms with E-state index in [2.05, 4.69) is 5.32 Å². The van der Waals surface area contributed by atoms with Crippen molar-refractivity contribution < 1.29 is 37.2 Å². The number of nitrogens with one attached hydrogen (secondary N) is 1. The summed E-state index contributed by atoms with van der Waals surface area (Å²) in [6, 6.07) is 9.71. The van der Waals surface area contributed by atoms with Crippen molar-refractivity contribution in [3.05, 3.63) is 68.8 Å². The Morgan fingerprint density at radius 3 is 1.53 bits per heavy atom. The highest BCUT2D eigenvalue weighted by Gasteiger charge is 2.27. The molecule has 0 bridgehead atoms. The van der Waals surface area contributed by atoms with Crippen LogP contribution in [-0.2, 0) is 14.3 Å². The average molecular weight is 663 g/mol. The average Bonchev–Trinajstić information content (AvgIpc) is 3.04. The van der Waals surface area contributed by atoms with Gasteiger partial charge in [0, 0.05) is 110 Å². The Morgan fingerprint density at radius 2 is 1.17 bits per heavy atom. The Balaban J connectivity index is 0.000000295. The Labute approximate surface area is 282 Å². The van der Waals surface area contributed by atoms with Crippen molar-refractivity contribution in [1.29, 1.82) is 0 Å². The Bertz CT molecular complexity index is 1590. The van der Waals surface area contributed by atoms with Gasteiger partial charge in [0.25, 0.3) is 11.4 Å². The molecular weight excluding hydrogens is 612 g/mol. The van der Waals surface area contributed by atoms with E-state index in [0.29, 0.717) is 44.2 Å². The van der Waals surface area contributed by atoms with E-state index in [9.17, 15) is 34.6 Å². The maximum absolute atomic E-state index is 12.8. The van der Waals surface area contributed by atoms with Gasteiger partial charge in [-0.15, -0.1) is 0 Å². The molecule has 0 aliphatic carbocycles. The molecule has 0 unspecified atom stereocenters. The van der Waals surface area contributed by atoms with Crippen molar-refractivity contribution in [2.45, 2.75) is 26.4 Å². The standard InChI is InChI=1S/C18H26N4O5.C13H18N4O3/c1-18(2,3)27-17(24)21-11-9-20(10-12-21)13-16(23)19(4)14-5-7-15(8-6-14)22(25)26;1-15(11-2-4-12(5-3-11)17(19)20)13(18)10-16-8-6-14-7-9-16/h5-8H,9-13H2,1-4H3;2-5,14H,6-10H2,1H3/i4D3;1D3. The molecule has 1 N–H and O–H groups in total. The molecule has 2 saturated heterocycles. The lowest BCUT2D eigenvalue weighted by Gasteiger charge is -2.35. The topological polar surface area (TPSA) is 175 Å². The van der Waals surface area contributed by atoms with Crippen molar-refractivity contribution >= 4 is 40.7 Å². The first-order valence-corrected chi connectivity index (χ1v) is 14.9. The van der Waals surface area contributed by atoms with Gasteiger partial charge >= 0.3 is 6.09 Å². The second-order valence-corrected chi connectivity index (χ2v) is 11.8. The van der Waals surface area contributed by atoms with Crippen LogP contribution in [0.15, 0.2) is 48.5 Å². The Kier molecular flexibility index (Phi) is 10.2. The second kappa shape index (κ2) is 16.8. The molecule has 2 heterocycles. The minimum atomic E-state index is -2.74. The summed E-state index contributed by atoms with van der Waals surface area (Å²) in [6.45, 7) is 4.10. The third kappa shape index (κ3) is 11.6. The summed E-state index contributed by atoms with van der Waals surface area (Å²) >= 11 is 0. The van der Waals surface area contributed by atoms with Gasteiger partial charge in [0.2, 0.25) is 11.8 Å². The van der Waals surface area contributed by atoms with Gasteiger partial charge in [-0.05, 0) is 45.0 Å². The number of likely N-dealkylation sites (N-methyl/N-ethyl adjacent to an activating group) is 2. The van der Waals surface area contributed by atoms with Gasteiger partial charge in [0.05, 0.1) is 22.9 Å². The number of nitrogens with zero attached hydrogens (tertiary/aromatic N) is 7. The molecule has 16 nitrogen and oxygen atoms in total. The van der Waals surface area contributed by atoms with Crippen molar-refractivity contribution in [2.75, 3.05) is 89.2 Å². The maximum atomic E-state index is 12.8. The predicted octanol–water partition coefficient (Wildman–Crippen LogP) is 2.57. The van der Waals surface area contributed by atoms with E-state index < -0.39 is 47.3 Å². The molecule has 0 radical (unpaired) electrons. The summed E-state index contributed by atoms with van der Waals surface area (Å²) in [4.78, 5) is 64.2. The fourth-order valence-electron chi connectivity index (χ4n) is 4.54. The van der Waals surface area contributed by atoms with E-state index >= 15 is 0 Å². The van der Waals surface area contributed by atoms with Crippen LogP contribution in [0, 0.1) is 20.2 Å². The summed E-state index contributed by atoms with van der Waals surface area (Å²) in [5.41, 5.74) is -0.785. The lowest BCUT2D eigenvalue weighted by Crippen LogP contribution is -2.52. The van der Waals surface area contributed by atoms with E-state index in [0.717, 1.165) is 30.1 Å². The van der Waals surface area contributed by atoms with Crippen LogP contribution in [0.25, 0.3) is 0 Å². The molecule has 2 aromatic carbocycles. The third-order valence-corrected chi connectivity index (χ3v) is 7.09. The molecule has 0 saturated carbocycles. The van der Waals surface area contributed by atoms with Crippen molar-refractivity contribution in [1.82, 2.24) is 20.0 Å². The first-order chi connectivity index (χ1) is 24.6. The van der Waals surface area contributed by atoms with Gasteiger partial charge in [-0.1, -0.05) is 0 Å². The maximum Gasteiger partial charge on any atom is 0.410 e. The number of hydrogen-bond acceptors (Lipinski definition) is 11. The normalized spacial score (nSPS) is 18.0. The van der Waals surface area contributed by atoms with Crippen LogP contribution in [0.3, 0.4) is 0 Å². The molecule has 2 aliphatic heterocycles. The number of nitro benzene ring substituents is 2. The van der Waals surface area contributed by atoms with Gasteiger partial charge in [0.15, 0.2) is 0 Å². The van der Waals surface area contributed by atoms with Crippen LogP contribution in [0.5, 0.6) is 0 Å². The molecule has 3 amide bonds. The molecule has 256 valence electrons. The molecule has 2 aromatic rings. The molecule has 2 aliphatic rings. The van der Waals surface area contributed by atoms with E-state index in [4.69, 9.17) is 13.0 Å². The molecule has 4 rings (SSSR count). The highest BCUT2D eigenvalue weighted by atomic mass is 16.6. The van der Waals surface area contributed by atoms with Gasteiger partial charge in [-0.3, -0.25) is 39.6 Å². The summed E-state index contributed by atoms with van der Waals surface area (Å²) in [5.74, 6) is -1.21. The Hall–Kier alpha value is -4.67. The van der Waals surface area contributed by atoms with Gasteiger partial charge in [-0.2, -0.15) is 0 Å². The zero-order chi connectivity index (χ0) is 39.7. The minimum Gasteiger partial charge on any atom is -0.444 e. The number of ether oxygens (including phenoxy) is 1. The summed E-state index contributed by atoms with van der Waals surface area (Å²) < 4.78 is 51.2. The monoisotopic (exact) mass is 662 g/mol. The number of nitro groups is 2. The lowest BCUT2D eigenvalue weighted by atomic mass is 10.2. The molecular formula is C31H44N8O8. The molecule has 0 atom stereocenters. The predicted molar refractivity (Wildman–Crippen MR) is 177 cm³/mol. The third-order valence-electron chi connectivity index (χ3n) is 7.09. The summed E-state index contributed by atoms with van der Waals surface area (Å²) in [5, 5.41) is 24.6. The smallest absolute Gasteiger partial charge is 0.410 e. The van der Waals surface area contributed by atoms with E-state index in [1.807, 2.05) is 4.90 Å². The number of carbonyl (C=O) groups is 3. The van der Waals surface area contributed by atoms with Crippen molar-refractivity contribution in [3.63, 3.8) is 0 Å². The molecule has 2 fully saturated rings. The van der Waals surface area contributed by atoms with Gasteiger partial charge in [-0.25, -0.2) is 4.79 Å². The number of amides is 3. The number of piperazine rings is 2. The quantitative estimate of drug-likeness (QED) is 0.325. The Morgan fingerprint density at radius 1 is 0.766 bits per heavy atom. The van der Waals surface area contributed by atoms with E-state index in [1.54, 1.807) is 30.6 Å². The molecule has 16 heteroatoms. The van der Waals surface area contributed by atoms with Gasteiger partial charge in [0.1, 0.15) is 5.60 Å². The zero-order valence-corrected chi connectivity index (χ0v) is 26.6. The zero-order valence-electron chi connectivity index (χ0n) is 32.6. The summed E-state index contributed by atoms with van der Waals surface area (Å²) in [6.07, 6.45) is -0.427. The van der Waals surface area contributed by atoms with Crippen LogP contribution in [0.4, 0.5) is 27.5 Å². The molecule has 0 aromatic heterocycles. The highest BCUT2D eigenvalue weighted by molar-refractivity contribution is 5.95. The number of rotatable bonds is 8. The number of non-ortho nitro benzene ring substituents is 2. The first kappa shape index (κ1) is 28.5. The summed E-state index contributed by atoms with van der Waals surface area (Å²) in [7, 11) is 0. The first-order valence-electron chi connectivity index (χ1n) is 17.9.